The molecule has 1 aliphatic carbocycles. The zero-order valence-corrected chi connectivity index (χ0v) is 12.7. The van der Waals surface area contributed by atoms with Gasteiger partial charge in [0.25, 0.3) is 0 Å². The Kier molecular flexibility index (Phi) is 6.00. The van der Waals surface area contributed by atoms with E-state index in [1.54, 1.807) is 12.1 Å². The quantitative estimate of drug-likeness (QED) is 0.848. The number of aliphatic hydroxyl groups excluding tert-OH is 1. The summed E-state index contributed by atoms with van der Waals surface area (Å²) >= 11 is 0. The molecule has 0 radical (unpaired) electrons. The summed E-state index contributed by atoms with van der Waals surface area (Å²) in [6, 6.07) is 4.71. The molecule has 0 bridgehead atoms. The van der Waals surface area contributed by atoms with Crippen LogP contribution in [0.25, 0.3) is 0 Å². The molecule has 21 heavy (non-hydrogen) atoms. The van der Waals surface area contributed by atoms with Gasteiger partial charge in [-0.25, -0.2) is 4.39 Å². The summed E-state index contributed by atoms with van der Waals surface area (Å²) in [6.45, 7) is 3.26. The Morgan fingerprint density at radius 1 is 1.33 bits per heavy atom. The van der Waals surface area contributed by atoms with Gasteiger partial charge in [-0.05, 0) is 69.2 Å². The maximum atomic E-state index is 13.6. The topological polar surface area (TPSA) is 55.5 Å². The number of rotatable bonds is 6. The van der Waals surface area contributed by atoms with E-state index in [0.717, 1.165) is 37.0 Å². The Morgan fingerprint density at radius 3 is 2.62 bits per heavy atom. The van der Waals surface area contributed by atoms with E-state index in [-0.39, 0.29) is 18.3 Å². The zero-order valence-electron chi connectivity index (χ0n) is 12.7. The molecule has 4 heteroatoms. The summed E-state index contributed by atoms with van der Waals surface area (Å²) in [4.78, 5) is 0. The fraction of sp³-hybridized carbons (Fsp3) is 0.647. The highest BCUT2D eigenvalue weighted by Gasteiger charge is 2.29. The van der Waals surface area contributed by atoms with Crippen molar-refractivity contribution in [3.63, 3.8) is 0 Å². The summed E-state index contributed by atoms with van der Waals surface area (Å²) in [5, 5.41) is 9.25. The minimum Gasteiger partial charge on any atom is -0.494 e. The van der Waals surface area contributed by atoms with E-state index in [0.29, 0.717) is 25.0 Å². The number of halogens is 1. The normalized spacial score (nSPS) is 23.8. The molecule has 3 N–H and O–H groups in total. The Morgan fingerprint density at radius 2 is 2.05 bits per heavy atom. The molecule has 1 atom stereocenters. The van der Waals surface area contributed by atoms with E-state index in [4.69, 9.17) is 10.5 Å². The minimum absolute atomic E-state index is 0.127. The maximum Gasteiger partial charge on any atom is 0.123 e. The third-order valence-electron chi connectivity index (χ3n) is 4.64. The lowest BCUT2D eigenvalue weighted by molar-refractivity contribution is 0.157. The second-order valence-electron chi connectivity index (χ2n) is 5.92. The number of nitrogens with two attached hydrogens (primary N) is 1. The van der Waals surface area contributed by atoms with Gasteiger partial charge in [0.2, 0.25) is 0 Å². The van der Waals surface area contributed by atoms with Crippen molar-refractivity contribution in [2.45, 2.75) is 38.5 Å². The van der Waals surface area contributed by atoms with Gasteiger partial charge < -0.3 is 15.6 Å². The second kappa shape index (κ2) is 7.76. The number of hydrogen-bond acceptors (Lipinski definition) is 3. The molecule has 1 fully saturated rings. The summed E-state index contributed by atoms with van der Waals surface area (Å²) < 4.78 is 19.3. The van der Waals surface area contributed by atoms with Crippen LogP contribution in [0.1, 0.15) is 44.1 Å². The van der Waals surface area contributed by atoms with Crippen LogP contribution in [0, 0.1) is 17.7 Å². The highest BCUT2D eigenvalue weighted by atomic mass is 19.1. The number of aliphatic hydroxyl groups is 1. The van der Waals surface area contributed by atoms with E-state index in [2.05, 4.69) is 0 Å². The largest absolute Gasteiger partial charge is 0.494 e. The Balaban J connectivity index is 2.19. The fourth-order valence-corrected chi connectivity index (χ4v) is 3.44. The molecule has 0 saturated heterocycles. The maximum absolute atomic E-state index is 13.6. The zero-order chi connectivity index (χ0) is 15.2. The first-order valence-corrected chi connectivity index (χ1v) is 7.92. The number of benzene rings is 1. The van der Waals surface area contributed by atoms with Gasteiger partial charge in [-0.15, -0.1) is 0 Å². The fourth-order valence-electron chi connectivity index (χ4n) is 3.44. The molecule has 2 rings (SSSR count). The van der Waals surface area contributed by atoms with Crippen LogP contribution in [0.15, 0.2) is 18.2 Å². The molecule has 1 aromatic rings. The van der Waals surface area contributed by atoms with Gasteiger partial charge in [0.1, 0.15) is 11.6 Å². The average molecular weight is 295 g/mol. The van der Waals surface area contributed by atoms with Gasteiger partial charge in [-0.3, -0.25) is 0 Å². The van der Waals surface area contributed by atoms with Gasteiger partial charge in [0.15, 0.2) is 0 Å². The van der Waals surface area contributed by atoms with E-state index >= 15 is 0 Å². The molecular formula is C17H26FNO2. The van der Waals surface area contributed by atoms with Crippen LogP contribution in [0.5, 0.6) is 5.75 Å². The van der Waals surface area contributed by atoms with Gasteiger partial charge in [0, 0.05) is 18.1 Å². The van der Waals surface area contributed by atoms with Gasteiger partial charge in [-0.2, -0.15) is 0 Å². The third-order valence-corrected chi connectivity index (χ3v) is 4.64. The van der Waals surface area contributed by atoms with E-state index < -0.39 is 0 Å². The van der Waals surface area contributed by atoms with E-state index in [1.165, 1.54) is 6.07 Å². The smallest absolute Gasteiger partial charge is 0.123 e. The second-order valence-corrected chi connectivity index (χ2v) is 5.92. The monoisotopic (exact) mass is 295 g/mol. The molecule has 1 saturated carbocycles. The van der Waals surface area contributed by atoms with Crippen LogP contribution in [0.4, 0.5) is 4.39 Å². The van der Waals surface area contributed by atoms with Crippen molar-refractivity contribution < 1.29 is 14.2 Å². The van der Waals surface area contributed by atoms with Crippen LogP contribution in [0.3, 0.4) is 0 Å². The van der Waals surface area contributed by atoms with Crippen LogP contribution in [0.2, 0.25) is 0 Å². The highest BCUT2D eigenvalue weighted by molar-refractivity contribution is 5.37. The predicted molar refractivity (Wildman–Crippen MR) is 81.9 cm³/mol. The Hall–Kier alpha value is -1.13. The van der Waals surface area contributed by atoms with Crippen molar-refractivity contribution in [2.24, 2.45) is 17.6 Å². The summed E-state index contributed by atoms with van der Waals surface area (Å²) in [7, 11) is 0. The van der Waals surface area contributed by atoms with Crippen molar-refractivity contribution in [2.75, 3.05) is 19.8 Å². The molecule has 118 valence electrons. The summed E-state index contributed by atoms with van der Waals surface area (Å²) in [5.74, 6) is 1.49. The van der Waals surface area contributed by atoms with E-state index in [9.17, 15) is 9.50 Å². The van der Waals surface area contributed by atoms with Crippen molar-refractivity contribution >= 4 is 0 Å². The SMILES string of the molecule is CCOc1ccc(F)cc1C(CN)C1CCC(CO)CC1. The first-order valence-electron chi connectivity index (χ1n) is 7.92. The van der Waals surface area contributed by atoms with Crippen LogP contribution >= 0.6 is 0 Å². The lowest BCUT2D eigenvalue weighted by atomic mass is 9.73. The first-order chi connectivity index (χ1) is 10.2. The van der Waals surface area contributed by atoms with Crippen molar-refractivity contribution in [1.82, 2.24) is 0 Å². The van der Waals surface area contributed by atoms with Crippen molar-refractivity contribution in [3.05, 3.63) is 29.6 Å². The summed E-state index contributed by atoms with van der Waals surface area (Å²) in [5.41, 5.74) is 6.89. The Labute approximate surface area is 126 Å². The predicted octanol–water partition coefficient (Wildman–Crippen LogP) is 3.07. The molecule has 0 amide bonds. The third kappa shape index (κ3) is 3.95. The van der Waals surface area contributed by atoms with Crippen molar-refractivity contribution in [1.29, 1.82) is 0 Å². The number of hydrogen-bond donors (Lipinski definition) is 2. The molecule has 1 aliphatic rings. The van der Waals surface area contributed by atoms with Crippen LogP contribution in [-0.4, -0.2) is 24.9 Å². The lowest BCUT2D eigenvalue weighted by Gasteiger charge is -2.33. The van der Waals surface area contributed by atoms with Gasteiger partial charge >= 0.3 is 0 Å². The van der Waals surface area contributed by atoms with Crippen LogP contribution in [-0.2, 0) is 0 Å². The lowest BCUT2D eigenvalue weighted by Crippen LogP contribution is -2.27. The molecule has 3 nitrogen and oxygen atoms in total. The minimum atomic E-state index is -0.240. The molecule has 0 spiro atoms. The summed E-state index contributed by atoms with van der Waals surface area (Å²) in [6.07, 6.45) is 4.12. The standard InChI is InChI=1S/C17H26FNO2/c1-2-21-17-8-7-14(18)9-15(17)16(10-19)13-5-3-12(11-20)4-6-13/h7-9,12-13,16,20H,2-6,10-11,19H2,1H3. The molecule has 1 unspecified atom stereocenters. The van der Waals surface area contributed by atoms with Gasteiger partial charge in [-0.1, -0.05) is 0 Å². The van der Waals surface area contributed by atoms with Crippen LogP contribution < -0.4 is 10.5 Å². The van der Waals surface area contributed by atoms with E-state index in [1.807, 2.05) is 6.92 Å². The highest BCUT2D eigenvalue weighted by Crippen LogP contribution is 2.40. The Bertz CT molecular complexity index is 444. The average Bonchev–Trinajstić information content (AvgIpc) is 2.51. The molecule has 1 aromatic carbocycles. The molecule has 0 heterocycles. The molecular weight excluding hydrogens is 269 g/mol. The number of ether oxygens (including phenoxy) is 1. The molecule has 0 aliphatic heterocycles. The first kappa shape index (κ1) is 16.2. The van der Waals surface area contributed by atoms with Crippen molar-refractivity contribution in [3.8, 4) is 5.75 Å². The van der Waals surface area contributed by atoms with Gasteiger partial charge in [0.05, 0.1) is 6.61 Å². The molecule has 0 aromatic heterocycles.